The second kappa shape index (κ2) is 5.16. The van der Waals surface area contributed by atoms with E-state index in [-0.39, 0.29) is 12.2 Å². The summed E-state index contributed by atoms with van der Waals surface area (Å²) in [5.41, 5.74) is -0.770. The monoisotopic (exact) mass is 335 g/mol. The van der Waals surface area contributed by atoms with Crippen LogP contribution in [0.3, 0.4) is 0 Å². The largest absolute Gasteiger partial charge is 0.418 e. The number of tetrazole rings is 1. The highest BCUT2D eigenvalue weighted by Gasteiger charge is 2.33. The molecule has 0 atom stereocenters. The maximum atomic E-state index is 12.8. The summed E-state index contributed by atoms with van der Waals surface area (Å²) in [6.07, 6.45) is -4.43. The van der Waals surface area contributed by atoms with Crippen molar-refractivity contribution in [1.29, 1.82) is 0 Å². The molecule has 19 heavy (non-hydrogen) atoms. The highest BCUT2D eigenvalue weighted by atomic mass is 79.9. The molecule has 1 N–H and O–H groups in total. The summed E-state index contributed by atoms with van der Waals surface area (Å²) in [4.78, 5) is 1.24. The lowest BCUT2D eigenvalue weighted by Crippen LogP contribution is -2.11. The molecule has 0 saturated carbocycles. The van der Waals surface area contributed by atoms with Crippen LogP contribution >= 0.6 is 15.9 Å². The van der Waals surface area contributed by atoms with Gasteiger partial charge in [0.25, 0.3) is 0 Å². The number of hydrogen-bond acceptors (Lipinski definition) is 4. The van der Waals surface area contributed by atoms with Crippen LogP contribution in [-0.2, 0) is 19.8 Å². The Morgan fingerprint density at radius 3 is 2.68 bits per heavy atom. The summed E-state index contributed by atoms with van der Waals surface area (Å²) in [6, 6.07) is 3.90. The number of halogens is 4. The number of nitrogens with one attached hydrogen (secondary N) is 1. The lowest BCUT2D eigenvalue weighted by molar-refractivity contribution is -0.137. The van der Waals surface area contributed by atoms with Crippen molar-refractivity contribution in [2.75, 3.05) is 5.32 Å². The maximum absolute atomic E-state index is 12.8. The first-order valence-electron chi connectivity index (χ1n) is 5.20. The van der Waals surface area contributed by atoms with Gasteiger partial charge < -0.3 is 5.32 Å². The molecule has 0 fully saturated rings. The molecule has 0 unspecified atom stereocenters. The van der Waals surface area contributed by atoms with Gasteiger partial charge in [0, 0.05) is 10.2 Å². The molecule has 1 heterocycles. The third kappa shape index (κ3) is 3.43. The van der Waals surface area contributed by atoms with Gasteiger partial charge in [0.15, 0.2) is 5.82 Å². The third-order valence-electron chi connectivity index (χ3n) is 2.27. The van der Waals surface area contributed by atoms with Crippen LogP contribution in [0.25, 0.3) is 0 Å². The van der Waals surface area contributed by atoms with Crippen molar-refractivity contribution in [3.8, 4) is 0 Å². The lowest BCUT2D eigenvalue weighted by Gasteiger charge is -2.14. The Kier molecular flexibility index (Phi) is 3.74. The fourth-order valence-corrected chi connectivity index (χ4v) is 1.83. The number of rotatable bonds is 3. The summed E-state index contributed by atoms with van der Waals surface area (Å²) < 4.78 is 38.9. The smallest absolute Gasteiger partial charge is 0.377 e. The fourth-order valence-electron chi connectivity index (χ4n) is 1.47. The van der Waals surface area contributed by atoms with Gasteiger partial charge in [0.05, 0.1) is 19.2 Å². The third-order valence-corrected chi connectivity index (χ3v) is 2.77. The molecule has 1 aromatic heterocycles. The molecule has 5 nitrogen and oxygen atoms in total. The standard InChI is InChI=1S/C10H9BrF3N5/c1-19-17-9(16-18-19)5-15-8-3-2-6(11)4-7(8)10(12,13)14/h2-4,15H,5H2,1H3. The van der Waals surface area contributed by atoms with Gasteiger partial charge in [-0.2, -0.15) is 18.0 Å². The van der Waals surface area contributed by atoms with Crippen LogP contribution < -0.4 is 5.32 Å². The second-order valence-corrected chi connectivity index (χ2v) is 4.65. The van der Waals surface area contributed by atoms with Gasteiger partial charge in [0.1, 0.15) is 0 Å². The van der Waals surface area contributed by atoms with E-state index >= 15 is 0 Å². The Hall–Kier alpha value is -1.64. The molecule has 0 aliphatic carbocycles. The minimum absolute atomic E-state index is 0.0249. The number of benzene rings is 1. The van der Waals surface area contributed by atoms with Crippen LogP contribution in [0.2, 0.25) is 0 Å². The van der Waals surface area contributed by atoms with E-state index in [1.807, 2.05) is 0 Å². The summed E-state index contributed by atoms with van der Waals surface area (Å²) in [5.74, 6) is 0.318. The van der Waals surface area contributed by atoms with Crippen molar-refractivity contribution in [3.63, 3.8) is 0 Å². The van der Waals surface area contributed by atoms with Crippen LogP contribution in [0.1, 0.15) is 11.4 Å². The molecule has 0 radical (unpaired) electrons. The Bertz CT molecular complexity index is 581. The van der Waals surface area contributed by atoms with E-state index < -0.39 is 11.7 Å². The van der Waals surface area contributed by atoms with Crippen LogP contribution in [0, 0.1) is 0 Å². The normalized spacial score (nSPS) is 11.6. The average molecular weight is 336 g/mol. The average Bonchev–Trinajstić information content (AvgIpc) is 2.72. The van der Waals surface area contributed by atoms with Crippen molar-refractivity contribution in [2.45, 2.75) is 12.7 Å². The maximum Gasteiger partial charge on any atom is 0.418 e. The van der Waals surface area contributed by atoms with Gasteiger partial charge >= 0.3 is 6.18 Å². The van der Waals surface area contributed by atoms with Gasteiger partial charge in [-0.3, -0.25) is 0 Å². The fraction of sp³-hybridized carbons (Fsp3) is 0.300. The minimum Gasteiger partial charge on any atom is -0.377 e. The Labute approximate surface area is 114 Å². The van der Waals surface area contributed by atoms with Crippen molar-refractivity contribution < 1.29 is 13.2 Å². The summed E-state index contributed by atoms with van der Waals surface area (Å²) in [5, 5.41) is 13.8. The van der Waals surface area contributed by atoms with Crippen molar-refractivity contribution in [2.24, 2.45) is 7.05 Å². The van der Waals surface area contributed by atoms with Crippen LogP contribution in [-0.4, -0.2) is 20.2 Å². The molecule has 102 valence electrons. The zero-order valence-corrected chi connectivity index (χ0v) is 11.3. The molecule has 2 aromatic rings. The van der Waals surface area contributed by atoms with E-state index in [0.29, 0.717) is 10.3 Å². The van der Waals surface area contributed by atoms with Crippen molar-refractivity contribution in [3.05, 3.63) is 34.1 Å². The quantitative estimate of drug-likeness (QED) is 0.936. The summed E-state index contributed by atoms with van der Waals surface area (Å²) >= 11 is 3.02. The Balaban J connectivity index is 2.20. The number of aryl methyl sites for hydroxylation is 1. The molecule has 2 rings (SSSR count). The van der Waals surface area contributed by atoms with E-state index in [1.54, 1.807) is 7.05 Å². The van der Waals surface area contributed by atoms with E-state index in [2.05, 4.69) is 36.7 Å². The van der Waals surface area contributed by atoms with E-state index in [4.69, 9.17) is 0 Å². The molecule has 0 bridgehead atoms. The van der Waals surface area contributed by atoms with E-state index in [9.17, 15) is 13.2 Å². The van der Waals surface area contributed by atoms with Crippen LogP contribution in [0.4, 0.5) is 18.9 Å². The molecule has 0 spiro atoms. The molecule has 0 saturated heterocycles. The highest BCUT2D eigenvalue weighted by molar-refractivity contribution is 9.10. The van der Waals surface area contributed by atoms with Gasteiger partial charge in [-0.05, 0) is 23.4 Å². The molecular weight excluding hydrogens is 327 g/mol. The van der Waals surface area contributed by atoms with Gasteiger partial charge in [-0.25, -0.2) is 0 Å². The number of aromatic nitrogens is 4. The molecule has 0 aliphatic rings. The Morgan fingerprint density at radius 1 is 1.37 bits per heavy atom. The first-order chi connectivity index (χ1) is 8.86. The van der Waals surface area contributed by atoms with Gasteiger partial charge in [0.2, 0.25) is 0 Å². The molecule has 0 amide bonds. The highest BCUT2D eigenvalue weighted by Crippen LogP contribution is 2.36. The number of nitrogens with zero attached hydrogens (tertiary/aromatic N) is 4. The topological polar surface area (TPSA) is 55.6 Å². The van der Waals surface area contributed by atoms with Crippen molar-refractivity contribution in [1.82, 2.24) is 20.2 Å². The zero-order valence-electron chi connectivity index (χ0n) is 9.74. The second-order valence-electron chi connectivity index (χ2n) is 3.74. The summed E-state index contributed by atoms with van der Waals surface area (Å²) in [6.45, 7) is 0.0680. The predicted molar refractivity (Wildman–Crippen MR) is 65.3 cm³/mol. The van der Waals surface area contributed by atoms with E-state index in [1.165, 1.54) is 16.9 Å². The van der Waals surface area contributed by atoms with E-state index in [0.717, 1.165) is 6.07 Å². The van der Waals surface area contributed by atoms with Crippen LogP contribution in [0.5, 0.6) is 0 Å². The Morgan fingerprint density at radius 2 is 2.11 bits per heavy atom. The van der Waals surface area contributed by atoms with Gasteiger partial charge in [-0.15, -0.1) is 10.2 Å². The van der Waals surface area contributed by atoms with Gasteiger partial charge in [-0.1, -0.05) is 15.9 Å². The number of anilines is 1. The number of alkyl halides is 3. The van der Waals surface area contributed by atoms with Crippen LogP contribution in [0.15, 0.2) is 22.7 Å². The molecular formula is C10H9BrF3N5. The number of hydrogen-bond donors (Lipinski definition) is 1. The zero-order chi connectivity index (χ0) is 14.0. The summed E-state index contributed by atoms with van der Waals surface area (Å²) in [7, 11) is 1.58. The SMILES string of the molecule is Cn1nnc(CNc2ccc(Br)cc2C(F)(F)F)n1. The lowest BCUT2D eigenvalue weighted by atomic mass is 10.1. The predicted octanol–water partition coefficient (Wildman–Crippen LogP) is 2.60. The molecule has 9 heteroatoms. The van der Waals surface area contributed by atoms with Crippen molar-refractivity contribution >= 4 is 21.6 Å². The first-order valence-corrected chi connectivity index (χ1v) is 5.99. The minimum atomic E-state index is -4.43. The first kappa shape index (κ1) is 13.8. The molecule has 1 aromatic carbocycles. The molecule has 0 aliphatic heterocycles.